The van der Waals surface area contributed by atoms with Gasteiger partial charge in [-0.3, -0.25) is 14.5 Å². The maximum Gasteiger partial charge on any atom is 0.259 e. The first-order valence-electron chi connectivity index (χ1n) is 11.0. The Morgan fingerprint density at radius 3 is 2.73 bits per heavy atom. The molecule has 2 aliphatic heterocycles. The molecular formula is C23H25ClN4O4S. The van der Waals surface area contributed by atoms with Crippen molar-refractivity contribution in [3.05, 3.63) is 49.3 Å². The second-order valence-corrected chi connectivity index (χ2v) is 9.99. The summed E-state index contributed by atoms with van der Waals surface area (Å²) in [6.45, 7) is 8.11. The van der Waals surface area contributed by atoms with Gasteiger partial charge < -0.3 is 19.4 Å². The Labute approximate surface area is 200 Å². The normalized spacial score (nSPS) is 16.8. The summed E-state index contributed by atoms with van der Waals surface area (Å²) in [7, 11) is 0. The largest absolute Gasteiger partial charge is 0.489 e. The van der Waals surface area contributed by atoms with Gasteiger partial charge in [0, 0.05) is 43.0 Å². The second kappa shape index (κ2) is 8.96. The third-order valence-electron chi connectivity index (χ3n) is 6.17. The van der Waals surface area contributed by atoms with Crippen molar-refractivity contribution in [1.29, 1.82) is 0 Å². The lowest BCUT2D eigenvalue weighted by Crippen LogP contribution is -2.48. The molecule has 2 aromatic heterocycles. The maximum absolute atomic E-state index is 13.1. The van der Waals surface area contributed by atoms with E-state index in [4.69, 9.17) is 21.1 Å². The lowest BCUT2D eigenvalue weighted by molar-refractivity contribution is 0.0625. The Morgan fingerprint density at radius 1 is 1.18 bits per heavy atom. The van der Waals surface area contributed by atoms with E-state index in [1.54, 1.807) is 23.5 Å². The number of rotatable bonds is 3. The highest BCUT2D eigenvalue weighted by molar-refractivity contribution is 7.18. The number of aromatic nitrogens is 2. The first-order chi connectivity index (χ1) is 15.9. The number of carbonyl (C=O) groups is 1. The Balaban J connectivity index is 1.25. The number of ether oxygens (including phenoxy) is 2. The van der Waals surface area contributed by atoms with Crippen LogP contribution in [0.1, 0.15) is 33.0 Å². The minimum Gasteiger partial charge on any atom is -0.489 e. The maximum atomic E-state index is 13.1. The van der Waals surface area contributed by atoms with Crippen LogP contribution in [0.2, 0.25) is 5.02 Å². The number of nitrogens with zero attached hydrogens (tertiary/aromatic N) is 3. The fourth-order valence-electron chi connectivity index (χ4n) is 4.23. The highest BCUT2D eigenvalue weighted by Crippen LogP contribution is 2.38. The van der Waals surface area contributed by atoms with Crippen LogP contribution < -0.4 is 15.0 Å². The lowest BCUT2D eigenvalue weighted by Gasteiger charge is -2.34. The molecule has 4 heterocycles. The molecule has 33 heavy (non-hydrogen) atoms. The number of aryl methyl sites for hydroxylation is 2. The van der Waals surface area contributed by atoms with E-state index in [2.05, 4.69) is 14.9 Å². The molecule has 0 atom stereocenters. The van der Waals surface area contributed by atoms with Crippen molar-refractivity contribution in [2.24, 2.45) is 0 Å². The second-order valence-electron chi connectivity index (χ2n) is 8.38. The molecular weight excluding hydrogens is 464 g/mol. The Bertz CT molecular complexity index is 1280. The van der Waals surface area contributed by atoms with Gasteiger partial charge in [-0.25, -0.2) is 4.98 Å². The molecule has 0 unspecified atom stereocenters. The predicted molar refractivity (Wildman–Crippen MR) is 128 cm³/mol. The van der Waals surface area contributed by atoms with E-state index >= 15 is 0 Å². The molecule has 10 heteroatoms. The number of aromatic amines is 1. The molecule has 8 nitrogen and oxygen atoms in total. The number of piperazine rings is 1. The van der Waals surface area contributed by atoms with Gasteiger partial charge in [-0.2, -0.15) is 0 Å². The first kappa shape index (κ1) is 22.2. The Morgan fingerprint density at radius 2 is 1.94 bits per heavy atom. The number of halogens is 1. The molecule has 0 spiro atoms. The summed E-state index contributed by atoms with van der Waals surface area (Å²) in [4.78, 5) is 39.2. The molecule has 2 aliphatic rings. The topological polar surface area (TPSA) is 87.8 Å². The van der Waals surface area contributed by atoms with Crippen molar-refractivity contribution < 1.29 is 14.3 Å². The van der Waals surface area contributed by atoms with Crippen molar-refractivity contribution in [2.45, 2.75) is 26.8 Å². The van der Waals surface area contributed by atoms with Gasteiger partial charge in [0.05, 0.1) is 30.2 Å². The van der Waals surface area contributed by atoms with Gasteiger partial charge in [-0.1, -0.05) is 11.6 Å². The van der Waals surface area contributed by atoms with Crippen molar-refractivity contribution in [3.8, 4) is 11.5 Å². The number of nitrogens with one attached hydrogen (secondary N) is 1. The molecule has 0 radical (unpaired) electrons. The summed E-state index contributed by atoms with van der Waals surface area (Å²) >= 11 is 7.91. The van der Waals surface area contributed by atoms with Crippen molar-refractivity contribution >= 4 is 39.1 Å². The van der Waals surface area contributed by atoms with Gasteiger partial charge in [-0.05, 0) is 31.5 Å². The Kier molecular flexibility index (Phi) is 6.03. The highest BCUT2D eigenvalue weighted by atomic mass is 35.5. The lowest BCUT2D eigenvalue weighted by atomic mass is 10.1. The SMILES string of the molecule is Cc1sc2nc(CN3CCN(C(=O)c4cc(Cl)c5c(c4)OCCCO5)CC3)[nH]c(=O)c2c1C. The number of fused-ring (bicyclic) bond motifs is 2. The smallest absolute Gasteiger partial charge is 0.259 e. The van der Waals surface area contributed by atoms with Crippen molar-refractivity contribution in [1.82, 2.24) is 19.8 Å². The molecule has 1 saturated heterocycles. The van der Waals surface area contributed by atoms with Crippen LogP contribution in [0.4, 0.5) is 0 Å². The van der Waals surface area contributed by atoms with Gasteiger partial charge in [0.15, 0.2) is 11.5 Å². The number of hydrogen-bond acceptors (Lipinski definition) is 7. The van der Waals surface area contributed by atoms with E-state index in [1.807, 2.05) is 18.7 Å². The quantitative estimate of drug-likeness (QED) is 0.608. The average Bonchev–Trinajstić information content (AvgIpc) is 2.95. The number of H-pyrrole nitrogens is 1. The van der Waals surface area contributed by atoms with Crippen molar-refractivity contribution in [2.75, 3.05) is 39.4 Å². The molecule has 1 N–H and O–H groups in total. The van der Waals surface area contributed by atoms with E-state index in [9.17, 15) is 9.59 Å². The van der Waals surface area contributed by atoms with E-state index in [-0.39, 0.29) is 11.5 Å². The number of amides is 1. The van der Waals surface area contributed by atoms with E-state index < -0.39 is 0 Å². The summed E-state index contributed by atoms with van der Waals surface area (Å²) in [5.74, 6) is 1.60. The van der Waals surface area contributed by atoms with Gasteiger partial charge in [0.2, 0.25) is 0 Å². The summed E-state index contributed by atoms with van der Waals surface area (Å²) < 4.78 is 11.4. The van der Waals surface area contributed by atoms with Gasteiger partial charge in [0.1, 0.15) is 10.7 Å². The highest BCUT2D eigenvalue weighted by Gasteiger charge is 2.25. The molecule has 1 fully saturated rings. The molecule has 0 aliphatic carbocycles. The van der Waals surface area contributed by atoms with Crippen LogP contribution in [0.25, 0.3) is 10.2 Å². The van der Waals surface area contributed by atoms with Crippen LogP contribution in [0.3, 0.4) is 0 Å². The zero-order chi connectivity index (χ0) is 23.1. The van der Waals surface area contributed by atoms with E-state index in [0.717, 1.165) is 21.7 Å². The number of benzene rings is 1. The zero-order valence-electron chi connectivity index (χ0n) is 18.6. The van der Waals surface area contributed by atoms with E-state index in [1.165, 1.54) is 0 Å². The summed E-state index contributed by atoms with van der Waals surface area (Å²) in [6.07, 6.45) is 0.773. The molecule has 174 valence electrons. The predicted octanol–water partition coefficient (Wildman–Crippen LogP) is 3.37. The molecule has 0 saturated carbocycles. The monoisotopic (exact) mass is 488 g/mol. The van der Waals surface area contributed by atoms with Crippen LogP contribution in [0.5, 0.6) is 11.5 Å². The molecule has 1 aromatic carbocycles. The third-order valence-corrected chi connectivity index (χ3v) is 7.55. The zero-order valence-corrected chi connectivity index (χ0v) is 20.1. The van der Waals surface area contributed by atoms with Crippen molar-refractivity contribution in [3.63, 3.8) is 0 Å². The summed E-state index contributed by atoms with van der Waals surface area (Å²) in [5.41, 5.74) is 1.41. The average molecular weight is 489 g/mol. The van der Waals surface area contributed by atoms with E-state index in [0.29, 0.717) is 79.2 Å². The van der Waals surface area contributed by atoms with Crippen LogP contribution >= 0.6 is 22.9 Å². The minimum atomic E-state index is -0.0862. The molecule has 1 amide bonds. The van der Waals surface area contributed by atoms with Crippen LogP contribution in [0, 0.1) is 13.8 Å². The molecule has 5 rings (SSSR count). The van der Waals surface area contributed by atoms with Crippen LogP contribution in [0.15, 0.2) is 16.9 Å². The fourth-order valence-corrected chi connectivity index (χ4v) is 5.55. The Hall–Kier alpha value is -2.62. The molecule has 3 aromatic rings. The number of carbonyl (C=O) groups excluding carboxylic acids is 1. The third kappa shape index (κ3) is 4.32. The minimum absolute atomic E-state index is 0.0790. The van der Waals surface area contributed by atoms with Gasteiger partial charge in [0.25, 0.3) is 11.5 Å². The fraction of sp³-hybridized carbons (Fsp3) is 0.435. The standard InChI is InChI=1S/C23H25ClN4O4S/c1-13-14(2)33-22-19(13)21(29)25-18(26-22)12-27-4-6-28(7-5-27)23(30)15-10-16(24)20-17(11-15)31-8-3-9-32-20/h10-11H,3-9,12H2,1-2H3,(H,25,26,29). The van der Waals surface area contributed by atoms with Crippen LogP contribution in [-0.4, -0.2) is 65.1 Å². The van der Waals surface area contributed by atoms with Gasteiger partial charge >= 0.3 is 0 Å². The number of hydrogen-bond donors (Lipinski definition) is 1. The summed E-state index contributed by atoms with van der Waals surface area (Å²) in [6, 6.07) is 3.37. The summed E-state index contributed by atoms with van der Waals surface area (Å²) in [5, 5.41) is 1.08. The van der Waals surface area contributed by atoms with Crippen LogP contribution in [-0.2, 0) is 6.54 Å². The number of thiophene rings is 1. The first-order valence-corrected chi connectivity index (χ1v) is 12.2. The van der Waals surface area contributed by atoms with Gasteiger partial charge in [-0.15, -0.1) is 11.3 Å². The molecule has 0 bridgehead atoms.